The first kappa shape index (κ1) is 24.5. The number of aromatic nitrogens is 3. The fourth-order valence-electron chi connectivity index (χ4n) is 3.71. The number of nitrogens with one attached hydrogen (secondary N) is 2. The molecule has 4 aromatic rings. The molecule has 0 spiro atoms. The SMILES string of the molecule is CC(O)(CO)[C@@H](Cc1ccccn1)NC(=O)c1cccc(Cl)c1-c1cc(-c2ccc(F)cc2)n[nH]1. The van der Waals surface area contributed by atoms with Gasteiger partial charge in [-0.25, -0.2) is 4.39 Å². The Bertz CT molecular complexity index is 1310. The molecule has 0 bridgehead atoms. The van der Waals surface area contributed by atoms with Gasteiger partial charge in [0.05, 0.1) is 34.6 Å². The summed E-state index contributed by atoms with van der Waals surface area (Å²) in [6, 6.07) is 17.0. The second kappa shape index (κ2) is 10.4. The molecule has 4 rings (SSSR count). The van der Waals surface area contributed by atoms with Gasteiger partial charge < -0.3 is 15.5 Å². The average molecular weight is 495 g/mol. The third-order valence-corrected chi connectivity index (χ3v) is 6.08. The van der Waals surface area contributed by atoms with Crippen molar-refractivity contribution in [2.75, 3.05) is 6.61 Å². The number of carbonyl (C=O) groups is 1. The van der Waals surface area contributed by atoms with Crippen LogP contribution >= 0.6 is 11.6 Å². The Morgan fingerprint density at radius 3 is 2.63 bits per heavy atom. The van der Waals surface area contributed by atoms with E-state index in [2.05, 4.69) is 20.5 Å². The Labute approximate surface area is 206 Å². The molecule has 1 unspecified atom stereocenters. The van der Waals surface area contributed by atoms with Crippen molar-refractivity contribution in [1.82, 2.24) is 20.5 Å². The van der Waals surface area contributed by atoms with Crippen LogP contribution in [0.2, 0.25) is 5.02 Å². The maximum absolute atomic E-state index is 13.4. The molecule has 2 heterocycles. The lowest BCUT2D eigenvalue weighted by molar-refractivity contribution is -0.0277. The summed E-state index contributed by atoms with van der Waals surface area (Å²) in [4.78, 5) is 17.7. The third-order valence-electron chi connectivity index (χ3n) is 5.76. The maximum Gasteiger partial charge on any atom is 0.252 e. The maximum atomic E-state index is 13.4. The van der Waals surface area contributed by atoms with E-state index in [1.54, 1.807) is 60.8 Å². The monoisotopic (exact) mass is 494 g/mol. The Hall–Kier alpha value is -3.59. The molecule has 2 atom stereocenters. The molecule has 0 fully saturated rings. The average Bonchev–Trinajstić information content (AvgIpc) is 3.34. The number of halogens is 2. The van der Waals surface area contributed by atoms with E-state index in [4.69, 9.17) is 11.6 Å². The van der Waals surface area contributed by atoms with Crippen LogP contribution in [-0.4, -0.2) is 49.6 Å². The Morgan fingerprint density at radius 1 is 1.17 bits per heavy atom. The van der Waals surface area contributed by atoms with Gasteiger partial charge in [-0.15, -0.1) is 0 Å². The molecule has 1 amide bonds. The van der Waals surface area contributed by atoms with Gasteiger partial charge in [-0.1, -0.05) is 23.7 Å². The van der Waals surface area contributed by atoms with Crippen LogP contribution in [0.3, 0.4) is 0 Å². The smallest absolute Gasteiger partial charge is 0.252 e. The molecule has 0 aliphatic rings. The normalized spacial score (nSPS) is 13.7. The number of hydrogen-bond acceptors (Lipinski definition) is 5. The predicted molar refractivity (Wildman–Crippen MR) is 131 cm³/mol. The number of carbonyl (C=O) groups excluding carboxylic acids is 1. The zero-order chi connectivity index (χ0) is 25.0. The van der Waals surface area contributed by atoms with Gasteiger partial charge in [-0.05, 0) is 61.5 Å². The number of pyridine rings is 1. The number of nitrogens with zero attached hydrogens (tertiary/aromatic N) is 2. The van der Waals surface area contributed by atoms with Crippen molar-refractivity contribution < 1.29 is 19.4 Å². The van der Waals surface area contributed by atoms with E-state index >= 15 is 0 Å². The summed E-state index contributed by atoms with van der Waals surface area (Å²) in [6.07, 6.45) is 1.82. The summed E-state index contributed by atoms with van der Waals surface area (Å²) in [6.45, 7) is 0.887. The molecule has 2 aromatic heterocycles. The minimum absolute atomic E-state index is 0.203. The van der Waals surface area contributed by atoms with E-state index in [1.165, 1.54) is 19.1 Å². The highest BCUT2D eigenvalue weighted by Crippen LogP contribution is 2.33. The van der Waals surface area contributed by atoms with E-state index in [9.17, 15) is 19.4 Å². The van der Waals surface area contributed by atoms with Gasteiger partial charge in [0.25, 0.3) is 5.91 Å². The van der Waals surface area contributed by atoms with E-state index < -0.39 is 24.2 Å². The van der Waals surface area contributed by atoms with Gasteiger partial charge in [-0.3, -0.25) is 14.9 Å². The molecule has 0 aliphatic heterocycles. The topological polar surface area (TPSA) is 111 Å². The summed E-state index contributed by atoms with van der Waals surface area (Å²) in [7, 11) is 0. The van der Waals surface area contributed by atoms with Crippen LogP contribution in [-0.2, 0) is 6.42 Å². The minimum atomic E-state index is -1.60. The van der Waals surface area contributed by atoms with E-state index in [0.29, 0.717) is 33.2 Å². The molecule has 0 saturated carbocycles. The molecule has 2 aromatic carbocycles. The van der Waals surface area contributed by atoms with Crippen molar-refractivity contribution >= 4 is 17.5 Å². The first-order valence-electron chi connectivity index (χ1n) is 10.9. The number of amides is 1. The number of aromatic amines is 1. The van der Waals surface area contributed by atoms with Gasteiger partial charge in [-0.2, -0.15) is 5.10 Å². The lowest BCUT2D eigenvalue weighted by Crippen LogP contribution is -2.54. The number of H-pyrrole nitrogens is 1. The highest BCUT2D eigenvalue weighted by molar-refractivity contribution is 6.34. The van der Waals surface area contributed by atoms with Crippen LogP contribution in [0.25, 0.3) is 22.5 Å². The van der Waals surface area contributed by atoms with Crippen molar-refractivity contribution in [1.29, 1.82) is 0 Å². The largest absolute Gasteiger partial charge is 0.393 e. The number of rotatable bonds is 8. The van der Waals surface area contributed by atoms with E-state index in [0.717, 1.165) is 0 Å². The van der Waals surface area contributed by atoms with Crippen LogP contribution in [0, 0.1) is 5.82 Å². The Balaban J connectivity index is 1.66. The quantitative estimate of drug-likeness (QED) is 0.296. The molecule has 7 nitrogen and oxygen atoms in total. The van der Waals surface area contributed by atoms with E-state index in [1.807, 2.05) is 0 Å². The summed E-state index contributed by atoms with van der Waals surface area (Å²) in [5, 5.41) is 30.9. The molecule has 180 valence electrons. The lowest BCUT2D eigenvalue weighted by Gasteiger charge is -2.32. The van der Waals surface area contributed by atoms with Gasteiger partial charge in [0.2, 0.25) is 0 Å². The van der Waals surface area contributed by atoms with Crippen LogP contribution in [0.5, 0.6) is 0 Å². The third kappa shape index (κ3) is 5.57. The first-order valence-corrected chi connectivity index (χ1v) is 11.3. The van der Waals surface area contributed by atoms with Crippen molar-refractivity contribution in [3.05, 3.63) is 95.0 Å². The molecular weight excluding hydrogens is 471 g/mol. The Kier molecular flexibility index (Phi) is 7.25. The molecule has 35 heavy (non-hydrogen) atoms. The van der Waals surface area contributed by atoms with Crippen molar-refractivity contribution in [2.24, 2.45) is 0 Å². The molecule has 0 aliphatic carbocycles. The van der Waals surface area contributed by atoms with E-state index in [-0.39, 0.29) is 17.8 Å². The van der Waals surface area contributed by atoms with Crippen molar-refractivity contribution in [3.63, 3.8) is 0 Å². The van der Waals surface area contributed by atoms with Crippen LogP contribution in [0.1, 0.15) is 23.0 Å². The zero-order valence-corrected chi connectivity index (χ0v) is 19.6. The highest BCUT2D eigenvalue weighted by Gasteiger charge is 2.34. The second-order valence-electron chi connectivity index (χ2n) is 8.40. The fraction of sp³-hybridized carbons (Fsp3) is 0.192. The van der Waals surface area contributed by atoms with Gasteiger partial charge in [0, 0.05) is 29.4 Å². The van der Waals surface area contributed by atoms with Crippen LogP contribution in [0.4, 0.5) is 4.39 Å². The number of aliphatic hydroxyl groups excluding tert-OH is 1. The Morgan fingerprint density at radius 2 is 1.94 bits per heavy atom. The second-order valence-corrected chi connectivity index (χ2v) is 8.81. The summed E-state index contributed by atoms with van der Waals surface area (Å²) >= 11 is 6.49. The van der Waals surface area contributed by atoms with Gasteiger partial charge >= 0.3 is 0 Å². The number of hydrogen-bond donors (Lipinski definition) is 4. The van der Waals surface area contributed by atoms with Crippen molar-refractivity contribution in [3.8, 4) is 22.5 Å². The zero-order valence-electron chi connectivity index (χ0n) is 18.9. The molecule has 9 heteroatoms. The summed E-state index contributed by atoms with van der Waals surface area (Å²) in [5.41, 5.74) is 1.48. The predicted octanol–water partition coefficient (Wildman–Crippen LogP) is 4.02. The minimum Gasteiger partial charge on any atom is -0.393 e. The molecular formula is C26H24ClFN4O3. The summed E-state index contributed by atoms with van der Waals surface area (Å²) in [5.74, 6) is -0.844. The summed E-state index contributed by atoms with van der Waals surface area (Å²) < 4.78 is 13.3. The highest BCUT2D eigenvalue weighted by atomic mass is 35.5. The van der Waals surface area contributed by atoms with Crippen LogP contribution in [0.15, 0.2) is 72.9 Å². The standard InChI is InChI=1S/C26H24ClFN4O3/c1-26(35,15-33)23(13-18-5-2-3-12-29-18)30-25(34)19-6-4-7-20(27)24(19)22-14-21(31-32-22)16-8-10-17(28)11-9-16/h2-12,14,23,33,35H,13,15H2,1H3,(H,30,34)(H,31,32)/t23-,26?/m1/s1. The van der Waals surface area contributed by atoms with Crippen LogP contribution < -0.4 is 5.32 Å². The van der Waals surface area contributed by atoms with Crippen molar-refractivity contribution in [2.45, 2.75) is 25.0 Å². The number of benzene rings is 2. The lowest BCUT2D eigenvalue weighted by atomic mass is 9.92. The molecule has 4 N–H and O–H groups in total. The molecule has 0 radical (unpaired) electrons. The van der Waals surface area contributed by atoms with Gasteiger partial charge in [0.15, 0.2) is 0 Å². The first-order chi connectivity index (χ1) is 16.8. The number of aliphatic hydroxyl groups is 2. The molecule has 0 saturated heterocycles. The van der Waals surface area contributed by atoms with Gasteiger partial charge in [0.1, 0.15) is 11.4 Å². The fourth-order valence-corrected chi connectivity index (χ4v) is 3.98.